The molecule has 0 aromatic heterocycles. The summed E-state index contributed by atoms with van der Waals surface area (Å²) in [5, 5.41) is 0. The molecule has 11 heteroatoms. The van der Waals surface area contributed by atoms with Gasteiger partial charge in [0.15, 0.2) is 6.10 Å². The number of unbranched alkanes of at least 4 members (excludes halogenated alkanes) is 22. The lowest BCUT2D eigenvalue weighted by molar-refractivity contribution is -0.873. The summed E-state index contributed by atoms with van der Waals surface area (Å²) in [5.41, 5.74) is 0. The van der Waals surface area contributed by atoms with Crippen molar-refractivity contribution >= 4 is 19.8 Å². The Morgan fingerprint density at radius 1 is 0.561 bits per heavy atom. The van der Waals surface area contributed by atoms with Gasteiger partial charge in [0.05, 0.1) is 27.7 Å². The van der Waals surface area contributed by atoms with Crippen molar-refractivity contribution in [1.82, 2.24) is 0 Å². The summed E-state index contributed by atoms with van der Waals surface area (Å²) >= 11 is 0. The molecule has 0 fully saturated rings. The van der Waals surface area contributed by atoms with E-state index in [0.717, 1.165) is 70.6 Å². The van der Waals surface area contributed by atoms with Crippen LogP contribution in [0.3, 0.4) is 0 Å². The first-order valence-electron chi connectivity index (χ1n) is 23.0. The molecule has 2 unspecified atom stereocenters. The van der Waals surface area contributed by atoms with Gasteiger partial charge in [-0.3, -0.25) is 18.6 Å². The number of phosphoric acid groups is 1. The van der Waals surface area contributed by atoms with E-state index in [1.54, 1.807) is 0 Å². The maximum Gasteiger partial charge on any atom is 0.472 e. The molecule has 0 saturated heterocycles. The summed E-state index contributed by atoms with van der Waals surface area (Å²) in [5.74, 6) is -0.812. The molecule has 0 aromatic rings. The minimum atomic E-state index is -4.45. The number of quaternary nitrogens is 1. The number of phosphoric ester groups is 1. The van der Waals surface area contributed by atoms with E-state index in [0.29, 0.717) is 23.9 Å². The van der Waals surface area contributed by atoms with Crippen molar-refractivity contribution in [3.8, 4) is 0 Å². The van der Waals surface area contributed by atoms with E-state index in [2.05, 4.69) is 38.2 Å². The van der Waals surface area contributed by atoms with Crippen LogP contribution < -0.4 is 12.4 Å². The summed E-state index contributed by atoms with van der Waals surface area (Å²) in [6.45, 7) is 6.26. The van der Waals surface area contributed by atoms with Gasteiger partial charge < -0.3 is 31.3 Å². The molecular formula is C46H89ClNO8P. The van der Waals surface area contributed by atoms with Crippen LogP contribution in [0.1, 0.15) is 207 Å². The average molecular weight is 851 g/mol. The zero-order valence-electron chi connectivity index (χ0n) is 37.7. The van der Waals surface area contributed by atoms with Gasteiger partial charge in [-0.15, -0.1) is 0 Å². The van der Waals surface area contributed by atoms with Crippen LogP contribution in [0.25, 0.3) is 0 Å². The smallest absolute Gasteiger partial charge is 0.472 e. The highest BCUT2D eigenvalue weighted by atomic mass is 35.5. The summed E-state index contributed by atoms with van der Waals surface area (Å²) in [7, 11) is 1.49. The molecule has 338 valence electrons. The number of esters is 2. The van der Waals surface area contributed by atoms with Gasteiger partial charge in [-0.05, 0) is 70.6 Å². The molecule has 1 N–H and O–H groups in total. The fourth-order valence-corrected chi connectivity index (χ4v) is 7.55. The molecule has 0 radical (unpaired) electrons. The van der Waals surface area contributed by atoms with Gasteiger partial charge >= 0.3 is 19.8 Å². The van der Waals surface area contributed by atoms with E-state index >= 15 is 0 Å². The van der Waals surface area contributed by atoms with E-state index in [1.807, 2.05) is 28.1 Å². The Morgan fingerprint density at radius 2 is 0.947 bits per heavy atom. The van der Waals surface area contributed by atoms with Crippen molar-refractivity contribution in [3.63, 3.8) is 0 Å². The van der Waals surface area contributed by atoms with Crippen molar-refractivity contribution in [2.24, 2.45) is 0 Å². The second kappa shape index (κ2) is 40.2. The van der Waals surface area contributed by atoms with Gasteiger partial charge in [0.2, 0.25) is 0 Å². The first kappa shape index (κ1) is 57.9. The molecule has 0 heterocycles. The Labute approximate surface area is 357 Å². The maximum absolute atomic E-state index is 12.8. The highest BCUT2D eigenvalue weighted by Crippen LogP contribution is 2.45. The molecule has 0 spiro atoms. The molecule has 3 atom stereocenters. The average Bonchev–Trinajstić information content (AvgIpc) is 3.14. The molecule has 0 bridgehead atoms. The number of nitrogens with zero attached hydrogens (tertiary/aromatic N) is 1. The molecule has 0 amide bonds. The number of halogens is 1. The fraction of sp³-hybridized carbons (Fsp3) is 0.870. The molecule has 57 heavy (non-hydrogen) atoms. The number of carbonyl (C=O) groups is 2. The minimum Gasteiger partial charge on any atom is -1.00 e. The second-order valence-electron chi connectivity index (χ2n) is 16.8. The van der Waals surface area contributed by atoms with Crippen LogP contribution in [0.4, 0.5) is 0 Å². The Balaban J connectivity index is 0. The summed E-state index contributed by atoms with van der Waals surface area (Å²) < 4.78 is 35.2. The maximum atomic E-state index is 12.8. The van der Waals surface area contributed by atoms with Gasteiger partial charge in [0, 0.05) is 12.8 Å². The minimum absolute atomic E-state index is 0. The lowest BCUT2D eigenvalue weighted by Gasteiger charge is -2.29. The number of allylic oxidation sites excluding steroid dienone is 4. The lowest BCUT2D eigenvalue weighted by Crippen LogP contribution is -3.00. The van der Waals surface area contributed by atoms with E-state index in [9.17, 15) is 19.0 Å². The molecule has 0 aliphatic carbocycles. The molecular weight excluding hydrogens is 761 g/mol. The predicted molar refractivity (Wildman–Crippen MR) is 234 cm³/mol. The molecule has 0 saturated carbocycles. The highest BCUT2D eigenvalue weighted by molar-refractivity contribution is 7.47. The zero-order valence-corrected chi connectivity index (χ0v) is 39.3. The van der Waals surface area contributed by atoms with Crippen LogP contribution in [0.15, 0.2) is 24.3 Å². The second-order valence-corrected chi connectivity index (χ2v) is 18.2. The van der Waals surface area contributed by atoms with Crippen LogP contribution in [-0.4, -0.2) is 74.4 Å². The van der Waals surface area contributed by atoms with Crippen LogP contribution in [-0.2, 0) is 32.7 Å². The molecule has 0 aliphatic heterocycles. The number of hydrogen-bond donors (Lipinski definition) is 1. The van der Waals surface area contributed by atoms with Crippen molar-refractivity contribution in [2.45, 2.75) is 219 Å². The SMILES string of the molecule is CCCCCCCCC=CCCCCCCCC(=O)OC[C@H](COP(=O)(O)OC(CC)C[N+](C)(C)C)OC(=O)CCCCCCCC=CCCCCCCCC.[Cl-]. The van der Waals surface area contributed by atoms with Crippen LogP contribution in [0, 0.1) is 0 Å². The van der Waals surface area contributed by atoms with Gasteiger partial charge in [0.25, 0.3) is 0 Å². The first-order valence-corrected chi connectivity index (χ1v) is 24.5. The number of likely N-dealkylation sites (N-methyl/N-ethyl adjacent to an activating group) is 1. The molecule has 0 aromatic carbocycles. The standard InChI is InChI=1S/C46H88NO8P.ClH/c1-7-10-12-14-16-18-20-22-24-26-28-30-32-34-36-38-45(48)52-41-44(42-53-56(50,51)55-43(9-3)40-47(4,5)6)54-46(49)39-37-35-33-31-29-27-25-23-21-19-17-15-13-11-8-2;/h22-25,43-44H,7-21,26-42H2,1-6H3;1H/t43?,44-;/m1./s1. The van der Waals surface area contributed by atoms with Gasteiger partial charge in [-0.1, -0.05) is 148 Å². The summed E-state index contributed by atoms with van der Waals surface area (Å²) in [4.78, 5) is 35.8. The highest BCUT2D eigenvalue weighted by Gasteiger charge is 2.31. The molecule has 0 aliphatic rings. The van der Waals surface area contributed by atoms with E-state index in [4.69, 9.17) is 18.5 Å². The third-order valence-corrected chi connectivity index (χ3v) is 11.0. The van der Waals surface area contributed by atoms with E-state index in [1.165, 1.54) is 89.9 Å². The van der Waals surface area contributed by atoms with Gasteiger partial charge in [0.1, 0.15) is 19.3 Å². The third kappa shape index (κ3) is 42.7. The van der Waals surface area contributed by atoms with Crippen LogP contribution >= 0.6 is 7.82 Å². The van der Waals surface area contributed by atoms with Crippen molar-refractivity contribution in [1.29, 1.82) is 0 Å². The Hall–Kier alpha value is -1.22. The van der Waals surface area contributed by atoms with Crippen LogP contribution in [0.2, 0.25) is 0 Å². The Morgan fingerprint density at radius 3 is 1.35 bits per heavy atom. The molecule has 0 rings (SSSR count). The predicted octanol–water partition coefficient (Wildman–Crippen LogP) is 10.1. The Bertz CT molecular complexity index is 1030. The van der Waals surface area contributed by atoms with E-state index in [-0.39, 0.29) is 37.8 Å². The lowest BCUT2D eigenvalue weighted by atomic mass is 10.1. The number of ether oxygens (including phenoxy) is 2. The first-order chi connectivity index (χ1) is 26.9. The topological polar surface area (TPSA) is 108 Å². The van der Waals surface area contributed by atoms with Gasteiger partial charge in [-0.2, -0.15) is 0 Å². The largest absolute Gasteiger partial charge is 1.00 e. The number of carbonyl (C=O) groups excluding carboxylic acids is 2. The van der Waals surface area contributed by atoms with E-state index < -0.39 is 32.6 Å². The van der Waals surface area contributed by atoms with Crippen molar-refractivity contribution < 1.29 is 54.5 Å². The normalized spacial score (nSPS) is 14.1. The quantitative estimate of drug-likeness (QED) is 0.0213. The molecule has 9 nitrogen and oxygen atoms in total. The monoisotopic (exact) mass is 850 g/mol. The van der Waals surface area contributed by atoms with Gasteiger partial charge in [-0.25, -0.2) is 4.57 Å². The summed E-state index contributed by atoms with van der Waals surface area (Å²) in [6, 6.07) is 0. The number of rotatable bonds is 41. The van der Waals surface area contributed by atoms with Crippen molar-refractivity contribution in [3.05, 3.63) is 24.3 Å². The number of hydrogen-bond acceptors (Lipinski definition) is 7. The zero-order chi connectivity index (χ0) is 41.6. The van der Waals surface area contributed by atoms with Crippen molar-refractivity contribution in [2.75, 3.05) is 40.9 Å². The summed E-state index contributed by atoms with van der Waals surface area (Å²) in [6.07, 6.45) is 39.3. The van der Waals surface area contributed by atoms with Crippen LogP contribution in [0.5, 0.6) is 0 Å². The fourth-order valence-electron chi connectivity index (χ4n) is 6.54. The Kier molecular flexibility index (Phi) is 40.8. The third-order valence-electron chi connectivity index (χ3n) is 9.93.